The Morgan fingerprint density at radius 2 is 2.33 bits per heavy atom. The molecular formula is C10H16N4O. The second-order valence-corrected chi connectivity index (χ2v) is 3.84. The van der Waals surface area contributed by atoms with Crippen molar-refractivity contribution >= 4 is 5.82 Å². The van der Waals surface area contributed by atoms with Crippen molar-refractivity contribution in [2.75, 3.05) is 12.8 Å². The second kappa shape index (κ2) is 4.12. The van der Waals surface area contributed by atoms with Crippen LogP contribution in [0.1, 0.15) is 30.3 Å². The van der Waals surface area contributed by atoms with E-state index in [9.17, 15) is 0 Å². The smallest absolute Gasteiger partial charge is 0.159 e. The molecule has 1 aliphatic carbocycles. The van der Waals surface area contributed by atoms with Gasteiger partial charge >= 0.3 is 0 Å². The average Bonchev–Trinajstić information content (AvgIpc) is 3.03. The molecule has 1 unspecified atom stereocenters. The fraction of sp³-hybridized carbons (Fsp3) is 0.600. The van der Waals surface area contributed by atoms with Crippen LogP contribution in [0.3, 0.4) is 0 Å². The number of hydrogen-bond donors (Lipinski definition) is 2. The lowest BCUT2D eigenvalue weighted by Crippen LogP contribution is -2.12. The molecule has 0 bridgehead atoms. The van der Waals surface area contributed by atoms with E-state index in [2.05, 4.69) is 9.97 Å². The maximum absolute atomic E-state index is 5.76. The van der Waals surface area contributed by atoms with Crippen LogP contribution in [0.25, 0.3) is 0 Å². The lowest BCUT2D eigenvalue weighted by Gasteiger charge is -2.13. The van der Waals surface area contributed by atoms with Crippen LogP contribution in [0, 0.1) is 5.92 Å². The van der Waals surface area contributed by atoms with E-state index < -0.39 is 0 Å². The molecule has 1 aliphatic rings. The van der Waals surface area contributed by atoms with Crippen LogP contribution >= 0.6 is 0 Å². The first-order chi connectivity index (χ1) is 7.26. The molecule has 0 amide bonds. The summed E-state index contributed by atoms with van der Waals surface area (Å²) in [5.74, 6) is 1.69. The van der Waals surface area contributed by atoms with Crippen molar-refractivity contribution in [1.29, 1.82) is 0 Å². The van der Waals surface area contributed by atoms with E-state index in [-0.39, 0.29) is 6.10 Å². The van der Waals surface area contributed by atoms with Gasteiger partial charge in [0.15, 0.2) is 5.82 Å². The van der Waals surface area contributed by atoms with E-state index in [1.54, 1.807) is 13.3 Å². The minimum Gasteiger partial charge on any atom is -0.383 e. The summed E-state index contributed by atoms with van der Waals surface area (Å²) >= 11 is 0. The summed E-state index contributed by atoms with van der Waals surface area (Å²) in [5, 5.41) is 0. The van der Waals surface area contributed by atoms with E-state index in [4.69, 9.17) is 16.2 Å². The number of anilines is 1. The highest BCUT2D eigenvalue weighted by atomic mass is 16.5. The third kappa shape index (κ3) is 2.08. The quantitative estimate of drug-likeness (QED) is 0.757. The van der Waals surface area contributed by atoms with Gasteiger partial charge in [0.2, 0.25) is 0 Å². The number of nitrogens with zero attached hydrogens (tertiary/aromatic N) is 2. The van der Waals surface area contributed by atoms with Crippen LogP contribution in [0.15, 0.2) is 6.20 Å². The van der Waals surface area contributed by atoms with Crippen LogP contribution in [0.4, 0.5) is 5.82 Å². The summed E-state index contributed by atoms with van der Waals surface area (Å²) in [7, 11) is 1.68. The van der Waals surface area contributed by atoms with E-state index in [1.807, 2.05) is 0 Å². The second-order valence-electron chi connectivity index (χ2n) is 3.84. The fourth-order valence-corrected chi connectivity index (χ4v) is 1.64. The molecule has 0 aliphatic heterocycles. The number of methoxy groups -OCH3 is 1. The molecule has 1 fully saturated rings. The molecule has 1 heterocycles. The third-order valence-electron chi connectivity index (χ3n) is 2.70. The van der Waals surface area contributed by atoms with Crippen LogP contribution in [0.2, 0.25) is 0 Å². The maximum Gasteiger partial charge on any atom is 0.159 e. The number of aromatic nitrogens is 2. The molecule has 5 heteroatoms. The molecule has 0 saturated heterocycles. The molecule has 1 aromatic heterocycles. The molecular weight excluding hydrogens is 192 g/mol. The predicted octanol–water partition coefficient (Wildman–Crippen LogP) is 0.615. The number of nitrogens with two attached hydrogens (primary N) is 2. The van der Waals surface area contributed by atoms with E-state index in [0.29, 0.717) is 24.1 Å². The van der Waals surface area contributed by atoms with Gasteiger partial charge in [0.05, 0.1) is 0 Å². The van der Waals surface area contributed by atoms with Gasteiger partial charge in [0, 0.05) is 25.4 Å². The van der Waals surface area contributed by atoms with E-state index in [1.165, 1.54) is 12.8 Å². The molecule has 4 N–H and O–H groups in total. The highest BCUT2D eigenvalue weighted by Gasteiger charge is 2.34. The van der Waals surface area contributed by atoms with Crippen LogP contribution in [0.5, 0.6) is 0 Å². The summed E-state index contributed by atoms with van der Waals surface area (Å²) < 4.78 is 5.38. The van der Waals surface area contributed by atoms with Gasteiger partial charge in [-0.2, -0.15) is 0 Å². The normalized spacial score (nSPS) is 17.7. The fourth-order valence-electron chi connectivity index (χ4n) is 1.64. The Hall–Kier alpha value is -1.20. The molecule has 5 nitrogen and oxygen atoms in total. The van der Waals surface area contributed by atoms with Gasteiger partial charge in [0.1, 0.15) is 11.9 Å². The van der Waals surface area contributed by atoms with Crippen LogP contribution in [-0.4, -0.2) is 17.1 Å². The van der Waals surface area contributed by atoms with Crippen LogP contribution < -0.4 is 11.5 Å². The Morgan fingerprint density at radius 1 is 1.60 bits per heavy atom. The summed E-state index contributed by atoms with van der Waals surface area (Å²) in [4.78, 5) is 8.48. The van der Waals surface area contributed by atoms with Gasteiger partial charge in [0.25, 0.3) is 0 Å². The SMILES string of the molecule is COC(c1ncc(CN)c(N)n1)C1CC1. The molecule has 1 saturated carbocycles. The molecule has 2 rings (SSSR count). The lowest BCUT2D eigenvalue weighted by molar-refractivity contribution is 0.0773. The van der Waals surface area contributed by atoms with Crippen molar-refractivity contribution in [1.82, 2.24) is 9.97 Å². The number of hydrogen-bond acceptors (Lipinski definition) is 5. The van der Waals surface area contributed by atoms with E-state index in [0.717, 1.165) is 5.56 Å². The Kier molecular flexibility index (Phi) is 2.83. The summed E-state index contributed by atoms with van der Waals surface area (Å²) in [6.45, 7) is 0.368. The van der Waals surface area contributed by atoms with Crippen molar-refractivity contribution in [3.05, 3.63) is 17.6 Å². The molecule has 0 spiro atoms. The first kappa shape index (κ1) is 10.3. The van der Waals surface area contributed by atoms with Crippen LogP contribution in [-0.2, 0) is 11.3 Å². The van der Waals surface area contributed by atoms with Gasteiger partial charge in [-0.05, 0) is 18.8 Å². The molecule has 1 aromatic rings. The minimum atomic E-state index is -0.0147. The Bertz CT molecular complexity index is 351. The van der Waals surface area contributed by atoms with Gasteiger partial charge < -0.3 is 16.2 Å². The number of ether oxygens (including phenoxy) is 1. The van der Waals surface area contributed by atoms with Gasteiger partial charge in [-0.1, -0.05) is 0 Å². The van der Waals surface area contributed by atoms with Gasteiger partial charge in [-0.25, -0.2) is 9.97 Å². The highest BCUT2D eigenvalue weighted by Crippen LogP contribution is 2.41. The minimum absolute atomic E-state index is 0.0147. The average molecular weight is 208 g/mol. The Morgan fingerprint density at radius 3 is 2.80 bits per heavy atom. The maximum atomic E-state index is 5.76. The Labute approximate surface area is 88.8 Å². The van der Waals surface area contributed by atoms with Crippen molar-refractivity contribution < 1.29 is 4.74 Å². The lowest BCUT2D eigenvalue weighted by atomic mass is 10.2. The first-order valence-corrected chi connectivity index (χ1v) is 5.10. The third-order valence-corrected chi connectivity index (χ3v) is 2.70. The number of rotatable bonds is 4. The first-order valence-electron chi connectivity index (χ1n) is 5.10. The summed E-state index contributed by atoms with van der Waals surface area (Å²) in [6, 6.07) is 0. The van der Waals surface area contributed by atoms with Crippen molar-refractivity contribution in [2.24, 2.45) is 11.7 Å². The predicted molar refractivity (Wildman–Crippen MR) is 56.8 cm³/mol. The highest BCUT2D eigenvalue weighted by molar-refractivity contribution is 5.37. The monoisotopic (exact) mass is 208 g/mol. The van der Waals surface area contributed by atoms with Gasteiger partial charge in [-0.15, -0.1) is 0 Å². The van der Waals surface area contributed by atoms with E-state index >= 15 is 0 Å². The zero-order chi connectivity index (χ0) is 10.8. The largest absolute Gasteiger partial charge is 0.383 e. The van der Waals surface area contributed by atoms with Gasteiger partial charge in [-0.3, -0.25) is 0 Å². The zero-order valence-electron chi connectivity index (χ0n) is 8.81. The summed E-state index contributed by atoms with van der Waals surface area (Å²) in [6.07, 6.45) is 4.03. The number of nitrogen functional groups attached to an aromatic ring is 1. The Balaban J connectivity index is 2.23. The topological polar surface area (TPSA) is 87.0 Å². The summed E-state index contributed by atoms with van der Waals surface area (Å²) in [5.41, 5.74) is 12.0. The standard InChI is InChI=1S/C10H16N4O/c1-15-8(6-2-3-6)10-13-5-7(4-11)9(12)14-10/h5-6,8H,2-4,11H2,1H3,(H2,12,13,14). The molecule has 15 heavy (non-hydrogen) atoms. The van der Waals surface area contributed by atoms with Crippen molar-refractivity contribution in [3.8, 4) is 0 Å². The molecule has 0 aromatic carbocycles. The van der Waals surface area contributed by atoms with Crippen molar-refractivity contribution in [2.45, 2.75) is 25.5 Å². The zero-order valence-corrected chi connectivity index (χ0v) is 8.81. The molecule has 1 atom stereocenters. The molecule has 82 valence electrons. The van der Waals surface area contributed by atoms with Crippen molar-refractivity contribution in [3.63, 3.8) is 0 Å². The molecule has 0 radical (unpaired) electrons.